The minimum atomic E-state index is 0.103. The standard InChI is InChI=1S/C18H21ClN2OS/c1-4-13-5-7-14(8-6-13)12(2)20-18(23)21-16-11-15(19)9-10-17(16)22-3/h5-12H,4H2,1-3H3,(H2,20,21,23). The molecule has 0 saturated carbocycles. The van der Waals surface area contributed by atoms with Crippen LogP contribution in [0.15, 0.2) is 42.5 Å². The molecule has 0 fully saturated rings. The summed E-state index contributed by atoms with van der Waals surface area (Å²) in [6.45, 7) is 4.22. The molecule has 0 aromatic heterocycles. The van der Waals surface area contributed by atoms with E-state index in [1.54, 1.807) is 25.3 Å². The van der Waals surface area contributed by atoms with E-state index in [9.17, 15) is 0 Å². The third kappa shape index (κ3) is 4.85. The Kier molecular flexibility index (Phi) is 6.25. The maximum atomic E-state index is 6.03. The van der Waals surface area contributed by atoms with Crippen LogP contribution in [0, 0.1) is 0 Å². The lowest BCUT2D eigenvalue weighted by Crippen LogP contribution is -2.31. The number of rotatable bonds is 5. The predicted molar refractivity (Wildman–Crippen MR) is 102 cm³/mol. The van der Waals surface area contributed by atoms with Crippen LogP contribution in [0.2, 0.25) is 5.02 Å². The van der Waals surface area contributed by atoms with Crippen molar-refractivity contribution in [2.75, 3.05) is 12.4 Å². The number of benzene rings is 2. The van der Waals surface area contributed by atoms with Gasteiger partial charge in [-0.3, -0.25) is 0 Å². The summed E-state index contributed by atoms with van der Waals surface area (Å²) in [6, 6.07) is 14.0. The molecule has 0 bridgehead atoms. The van der Waals surface area contributed by atoms with E-state index in [1.165, 1.54) is 11.1 Å². The number of halogens is 1. The molecule has 5 heteroatoms. The van der Waals surface area contributed by atoms with Crippen LogP contribution in [0.3, 0.4) is 0 Å². The molecule has 23 heavy (non-hydrogen) atoms. The zero-order chi connectivity index (χ0) is 16.8. The Labute approximate surface area is 148 Å². The monoisotopic (exact) mass is 348 g/mol. The van der Waals surface area contributed by atoms with Crippen molar-refractivity contribution in [3.63, 3.8) is 0 Å². The van der Waals surface area contributed by atoms with E-state index >= 15 is 0 Å². The van der Waals surface area contributed by atoms with E-state index in [2.05, 4.69) is 48.7 Å². The number of aryl methyl sites for hydroxylation is 1. The molecule has 0 saturated heterocycles. The van der Waals surface area contributed by atoms with Gasteiger partial charge in [-0.15, -0.1) is 0 Å². The van der Waals surface area contributed by atoms with Gasteiger partial charge in [-0.25, -0.2) is 0 Å². The van der Waals surface area contributed by atoms with Gasteiger partial charge in [0.15, 0.2) is 5.11 Å². The largest absolute Gasteiger partial charge is 0.495 e. The fourth-order valence-corrected chi connectivity index (χ4v) is 2.72. The number of ether oxygens (including phenoxy) is 1. The lowest BCUT2D eigenvalue weighted by molar-refractivity contribution is 0.417. The second-order valence-electron chi connectivity index (χ2n) is 5.26. The van der Waals surface area contributed by atoms with Gasteiger partial charge >= 0.3 is 0 Å². The molecule has 2 N–H and O–H groups in total. The maximum absolute atomic E-state index is 6.03. The molecule has 0 aliphatic carbocycles. The third-order valence-electron chi connectivity index (χ3n) is 3.65. The molecule has 2 aromatic rings. The number of methoxy groups -OCH3 is 1. The van der Waals surface area contributed by atoms with Gasteiger partial charge in [-0.05, 0) is 54.9 Å². The van der Waals surface area contributed by atoms with E-state index in [1.807, 2.05) is 0 Å². The lowest BCUT2D eigenvalue weighted by atomic mass is 10.1. The summed E-state index contributed by atoms with van der Waals surface area (Å²) in [6.07, 6.45) is 1.04. The quantitative estimate of drug-likeness (QED) is 0.748. The Balaban J connectivity index is 2.02. The van der Waals surface area contributed by atoms with Crippen molar-refractivity contribution in [1.29, 1.82) is 0 Å². The smallest absolute Gasteiger partial charge is 0.171 e. The molecule has 0 aliphatic rings. The van der Waals surface area contributed by atoms with Crippen LogP contribution in [0.25, 0.3) is 0 Å². The Bertz CT molecular complexity index is 673. The van der Waals surface area contributed by atoms with Crippen molar-refractivity contribution in [1.82, 2.24) is 5.32 Å². The SMILES string of the molecule is CCc1ccc(C(C)NC(=S)Nc2cc(Cl)ccc2OC)cc1. The Morgan fingerprint density at radius 3 is 2.52 bits per heavy atom. The second kappa shape index (κ2) is 8.18. The first-order chi connectivity index (χ1) is 11.0. The normalized spacial score (nSPS) is 11.7. The Morgan fingerprint density at radius 1 is 1.22 bits per heavy atom. The van der Waals surface area contributed by atoms with Crippen LogP contribution < -0.4 is 15.4 Å². The molecule has 3 nitrogen and oxygen atoms in total. The van der Waals surface area contributed by atoms with Gasteiger partial charge in [0.25, 0.3) is 0 Å². The average molecular weight is 349 g/mol. The van der Waals surface area contributed by atoms with Crippen LogP contribution in [0.1, 0.15) is 31.0 Å². The second-order valence-corrected chi connectivity index (χ2v) is 6.10. The topological polar surface area (TPSA) is 33.3 Å². The molecule has 2 rings (SSSR count). The van der Waals surface area contributed by atoms with Gasteiger partial charge in [-0.1, -0.05) is 42.8 Å². The number of hydrogen-bond donors (Lipinski definition) is 2. The van der Waals surface area contributed by atoms with Crippen LogP contribution in [-0.2, 0) is 6.42 Å². The lowest BCUT2D eigenvalue weighted by Gasteiger charge is -2.19. The number of nitrogens with one attached hydrogen (secondary N) is 2. The summed E-state index contributed by atoms with van der Waals surface area (Å²) in [4.78, 5) is 0. The van der Waals surface area contributed by atoms with Crippen molar-refractivity contribution in [3.8, 4) is 5.75 Å². The highest BCUT2D eigenvalue weighted by Gasteiger charge is 2.10. The highest BCUT2D eigenvalue weighted by molar-refractivity contribution is 7.80. The molecular weight excluding hydrogens is 328 g/mol. The minimum absolute atomic E-state index is 0.103. The molecule has 0 spiro atoms. The molecular formula is C18H21ClN2OS. The van der Waals surface area contributed by atoms with Crippen LogP contribution in [-0.4, -0.2) is 12.2 Å². The van der Waals surface area contributed by atoms with Crippen molar-refractivity contribution < 1.29 is 4.74 Å². The first-order valence-corrected chi connectivity index (χ1v) is 8.32. The molecule has 1 unspecified atom stereocenters. The molecule has 0 radical (unpaired) electrons. The number of hydrogen-bond acceptors (Lipinski definition) is 2. The zero-order valence-electron chi connectivity index (χ0n) is 13.5. The average Bonchev–Trinajstić information content (AvgIpc) is 2.55. The predicted octanol–water partition coefficient (Wildman–Crippen LogP) is 4.96. The fraction of sp³-hybridized carbons (Fsp3) is 0.278. The summed E-state index contributed by atoms with van der Waals surface area (Å²) in [5, 5.41) is 7.56. The van der Waals surface area contributed by atoms with E-state index in [-0.39, 0.29) is 6.04 Å². The molecule has 0 aliphatic heterocycles. The van der Waals surface area contributed by atoms with Gasteiger partial charge in [0.05, 0.1) is 18.8 Å². The summed E-state index contributed by atoms with van der Waals surface area (Å²) >= 11 is 11.4. The number of thiocarbonyl (C=S) groups is 1. The third-order valence-corrected chi connectivity index (χ3v) is 4.10. The summed E-state index contributed by atoms with van der Waals surface area (Å²) in [7, 11) is 1.61. The van der Waals surface area contributed by atoms with Crippen LogP contribution in [0.5, 0.6) is 5.75 Å². The molecule has 2 aromatic carbocycles. The first-order valence-electron chi connectivity index (χ1n) is 7.53. The minimum Gasteiger partial charge on any atom is -0.495 e. The summed E-state index contributed by atoms with van der Waals surface area (Å²) in [5.41, 5.74) is 3.25. The first kappa shape index (κ1) is 17.6. The van der Waals surface area contributed by atoms with Crippen molar-refractivity contribution >= 4 is 34.6 Å². The molecule has 122 valence electrons. The Hall–Kier alpha value is -1.78. The molecule has 0 amide bonds. The van der Waals surface area contributed by atoms with Gasteiger partial charge < -0.3 is 15.4 Å². The summed E-state index contributed by atoms with van der Waals surface area (Å²) in [5.74, 6) is 0.693. The van der Waals surface area contributed by atoms with E-state index in [0.717, 1.165) is 12.1 Å². The van der Waals surface area contributed by atoms with Crippen molar-refractivity contribution in [2.45, 2.75) is 26.3 Å². The van der Waals surface area contributed by atoms with Gasteiger partial charge in [0.2, 0.25) is 0 Å². The van der Waals surface area contributed by atoms with Crippen LogP contribution >= 0.6 is 23.8 Å². The molecule has 0 heterocycles. The van der Waals surface area contributed by atoms with E-state index in [0.29, 0.717) is 15.9 Å². The number of anilines is 1. The maximum Gasteiger partial charge on any atom is 0.171 e. The van der Waals surface area contributed by atoms with E-state index in [4.69, 9.17) is 28.6 Å². The molecule has 1 atom stereocenters. The highest BCUT2D eigenvalue weighted by atomic mass is 35.5. The van der Waals surface area contributed by atoms with Gasteiger partial charge in [0.1, 0.15) is 5.75 Å². The highest BCUT2D eigenvalue weighted by Crippen LogP contribution is 2.27. The van der Waals surface area contributed by atoms with E-state index < -0.39 is 0 Å². The van der Waals surface area contributed by atoms with Crippen molar-refractivity contribution in [2.24, 2.45) is 0 Å². The summed E-state index contributed by atoms with van der Waals surface area (Å²) < 4.78 is 5.31. The fourth-order valence-electron chi connectivity index (χ4n) is 2.26. The van der Waals surface area contributed by atoms with Crippen molar-refractivity contribution in [3.05, 3.63) is 58.6 Å². The van der Waals surface area contributed by atoms with Gasteiger partial charge in [-0.2, -0.15) is 0 Å². The van der Waals surface area contributed by atoms with Crippen LogP contribution in [0.4, 0.5) is 5.69 Å². The zero-order valence-corrected chi connectivity index (χ0v) is 15.1. The Morgan fingerprint density at radius 2 is 1.91 bits per heavy atom. The van der Waals surface area contributed by atoms with Gasteiger partial charge in [0, 0.05) is 5.02 Å².